The molecule has 0 atom stereocenters. The first-order valence-electron chi connectivity index (χ1n) is 7.69. The van der Waals surface area contributed by atoms with Gasteiger partial charge in [0, 0.05) is 37.9 Å². The number of carbonyl (C=O) groups is 1. The van der Waals surface area contributed by atoms with Crippen LogP contribution in [0.25, 0.3) is 0 Å². The summed E-state index contributed by atoms with van der Waals surface area (Å²) in [5, 5.41) is 5.53. The Morgan fingerprint density at radius 2 is 2.30 bits per heavy atom. The summed E-state index contributed by atoms with van der Waals surface area (Å²) in [7, 11) is 1.80. The van der Waals surface area contributed by atoms with Crippen LogP contribution in [0.4, 0.5) is 5.13 Å². The van der Waals surface area contributed by atoms with Crippen molar-refractivity contribution in [3.8, 4) is 0 Å². The average Bonchev–Trinajstić information content (AvgIpc) is 3.10. The highest BCUT2D eigenvalue weighted by Crippen LogP contribution is 2.20. The monoisotopic (exact) mass is 332 g/mol. The molecule has 122 valence electrons. The molecule has 0 bridgehead atoms. The highest BCUT2D eigenvalue weighted by molar-refractivity contribution is 7.13. The van der Waals surface area contributed by atoms with E-state index in [4.69, 9.17) is 4.74 Å². The van der Waals surface area contributed by atoms with Crippen LogP contribution in [0.1, 0.15) is 28.9 Å². The molecular formula is C16H20N4O2S. The van der Waals surface area contributed by atoms with Gasteiger partial charge in [0.25, 0.3) is 5.91 Å². The molecule has 1 amide bonds. The van der Waals surface area contributed by atoms with Crippen LogP contribution in [0.2, 0.25) is 0 Å². The van der Waals surface area contributed by atoms with Crippen molar-refractivity contribution in [2.45, 2.75) is 25.6 Å². The second kappa shape index (κ2) is 7.52. The third-order valence-electron chi connectivity index (χ3n) is 3.87. The number of piperidine rings is 1. The van der Waals surface area contributed by atoms with Crippen molar-refractivity contribution in [1.29, 1.82) is 0 Å². The molecule has 0 aromatic carbocycles. The molecule has 1 N–H and O–H groups in total. The number of ether oxygens (including phenoxy) is 1. The number of pyridine rings is 1. The first-order valence-corrected chi connectivity index (χ1v) is 8.57. The Balaban J connectivity index is 1.47. The van der Waals surface area contributed by atoms with Crippen LogP contribution in [0, 0.1) is 0 Å². The molecule has 0 aliphatic carbocycles. The van der Waals surface area contributed by atoms with Gasteiger partial charge in [-0.2, -0.15) is 0 Å². The fourth-order valence-electron chi connectivity index (χ4n) is 2.57. The van der Waals surface area contributed by atoms with E-state index in [9.17, 15) is 4.79 Å². The van der Waals surface area contributed by atoms with Crippen LogP contribution < -0.4 is 5.32 Å². The normalized spacial score (nSPS) is 15.6. The molecule has 23 heavy (non-hydrogen) atoms. The summed E-state index contributed by atoms with van der Waals surface area (Å²) in [4.78, 5) is 22.6. The van der Waals surface area contributed by atoms with Gasteiger partial charge in [-0.1, -0.05) is 6.07 Å². The van der Waals surface area contributed by atoms with Crippen LogP contribution in [0.15, 0.2) is 29.9 Å². The Morgan fingerprint density at radius 1 is 1.48 bits per heavy atom. The zero-order valence-corrected chi connectivity index (χ0v) is 13.9. The van der Waals surface area contributed by atoms with Gasteiger partial charge < -0.3 is 15.0 Å². The smallest absolute Gasteiger partial charge is 0.273 e. The molecule has 3 heterocycles. The first kappa shape index (κ1) is 15.9. The van der Waals surface area contributed by atoms with Gasteiger partial charge >= 0.3 is 0 Å². The van der Waals surface area contributed by atoms with Crippen molar-refractivity contribution >= 4 is 22.4 Å². The van der Waals surface area contributed by atoms with Crippen LogP contribution in [0.5, 0.6) is 0 Å². The molecule has 0 spiro atoms. The van der Waals surface area contributed by atoms with Gasteiger partial charge in [0.15, 0.2) is 5.13 Å². The van der Waals surface area contributed by atoms with E-state index in [1.165, 1.54) is 11.3 Å². The molecule has 7 heteroatoms. The maximum atomic E-state index is 12.4. The van der Waals surface area contributed by atoms with Gasteiger partial charge in [-0.05, 0) is 24.5 Å². The summed E-state index contributed by atoms with van der Waals surface area (Å²) < 4.78 is 5.92. The van der Waals surface area contributed by atoms with Crippen molar-refractivity contribution in [3.63, 3.8) is 0 Å². The molecule has 3 rings (SSSR count). The van der Waals surface area contributed by atoms with E-state index in [1.807, 2.05) is 23.2 Å². The van der Waals surface area contributed by atoms with E-state index in [0.717, 1.165) is 23.5 Å². The van der Waals surface area contributed by atoms with Gasteiger partial charge in [-0.15, -0.1) is 11.3 Å². The first-order chi connectivity index (χ1) is 11.3. The number of rotatable bonds is 5. The Kier molecular flexibility index (Phi) is 5.19. The standard InChI is InChI=1S/C16H20N4O2S/c1-17-16-19-14(11-23-16)15(21)20-7-4-13(5-8-20)22-10-12-3-2-6-18-9-12/h2-3,6,9,11,13H,4-5,7-8,10H2,1H3,(H,17,19). The average molecular weight is 332 g/mol. The maximum Gasteiger partial charge on any atom is 0.273 e. The number of amides is 1. The minimum absolute atomic E-state index is 0.00783. The predicted octanol–water partition coefficient (Wildman–Crippen LogP) is 2.40. The Hall–Kier alpha value is -1.99. The van der Waals surface area contributed by atoms with E-state index in [0.29, 0.717) is 25.4 Å². The third-order valence-corrected chi connectivity index (χ3v) is 4.73. The number of aromatic nitrogens is 2. The molecule has 0 saturated carbocycles. The number of nitrogens with one attached hydrogen (secondary N) is 1. The van der Waals surface area contributed by atoms with Crippen LogP contribution in [0.3, 0.4) is 0 Å². The number of likely N-dealkylation sites (tertiary alicyclic amines) is 1. The van der Waals surface area contributed by atoms with Crippen molar-refractivity contribution in [2.24, 2.45) is 0 Å². The van der Waals surface area contributed by atoms with Gasteiger partial charge in [0.2, 0.25) is 0 Å². The second-order valence-electron chi connectivity index (χ2n) is 5.45. The topological polar surface area (TPSA) is 67.4 Å². The number of hydrogen-bond donors (Lipinski definition) is 1. The Labute approximate surface area is 139 Å². The van der Waals surface area contributed by atoms with E-state index in [-0.39, 0.29) is 12.0 Å². The van der Waals surface area contributed by atoms with E-state index >= 15 is 0 Å². The second-order valence-corrected chi connectivity index (χ2v) is 6.31. The number of thiazole rings is 1. The zero-order chi connectivity index (χ0) is 16.1. The molecule has 1 aliphatic rings. The molecule has 2 aromatic heterocycles. The molecule has 0 radical (unpaired) electrons. The van der Waals surface area contributed by atoms with Crippen LogP contribution in [-0.2, 0) is 11.3 Å². The molecule has 1 saturated heterocycles. The van der Waals surface area contributed by atoms with Crippen molar-refractivity contribution in [2.75, 3.05) is 25.5 Å². The van der Waals surface area contributed by atoms with Gasteiger partial charge in [-0.25, -0.2) is 4.98 Å². The van der Waals surface area contributed by atoms with Crippen molar-refractivity contribution < 1.29 is 9.53 Å². The largest absolute Gasteiger partial charge is 0.373 e. The Morgan fingerprint density at radius 3 is 2.96 bits per heavy atom. The van der Waals surface area contributed by atoms with Crippen LogP contribution >= 0.6 is 11.3 Å². The summed E-state index contributed by atoms with van der Waals surface area (Å²) in [6.07, 6.45) is 5.48. The molecular weight excluding hydrogens is 312 g/mol. The molecule has 1 fully saturated rings. The molecule has 2 aromatic rings. The van der Waals surface area contributed by atoms with E-state index in [1.54, 1.807) is 18.6 Å². The summed E-state index contributed by atoms with van der Waals surface area (Å²) in [5.74, 6) is 0.00783. The molecule has 6 nitrogen and oxygen atoms in total. The molecule has 1 aliphatic heterocycles. The maximum absolute atomic E-state index is 12.4. The number of carbonyl (C=O) groups excluding carboxylic acids is 1. The zero-order valence-electron chi connectivity index (χ0n) is 13.1. The molecule has 0 unspecified atom stereocenters. The minimum Gasteiger partial charge on any atom is -0.373 e. The van der Waals surface area contributed by atoms with E-state index in [2.05, 4.69) is 15.3 Å². The van der Waals surface area contributed by atoms with Crippen molar-refractivity contribution in [3.05, 3.63) is 41.2 Å². The van der Waals surface area contributed by atoms with Gasteiger partial charge in [0.05, 0.1) is 12.7 Å². The third kappa shape index (κ3) is 4.05. The summed E-state index contributed by atoms with van der Waals surface area (Å²) in [6.45, 7) is 2.00. The minimum atomic E-state index is 0.00783. The summed E-state index contributed by atoms with van der Waals surface area (Å²) >= 11 is 1.45. The number of anilines is 1. The number of hydrogen-bond acceptors (Lipinski definition) is 6. The van der Waals surface area contributed by atoms with Gasteiger partial charge in [-0.3, -0.25) is 9.78 Å². The van der Waals surface area contributed by atoms with Crippen molar-refractivity contribution in [1.82, 2.24) is 14.9 Å². The Bertz CT molecular complexity index is 639. The fourth-order valence-corrected chi connectivity index (χ4v) is 3.22. The van der Waals surface area contributed by atoms with Gasteiger partial charge in [0.1, 0.15) is 5.69 Å². The van der Waals surface area contributed by atoms with E-state index < -0.39 is 0 Å². The summed E-state index contributed by atoms with van der Waals surface area (Å²) in [6, 6.07) is 3.92. The summed E-state index contributed by atoms with van der Waals surface area (Å²) in [5.41, 5.74) is 1.60. The quantitative estimate of drug-likeness (QED) is 0.911. The lowest BCUT2D eigenvalue weighted by Crippen LogP contribution is -2.41. The predicted molar refractivity (Wildman–Crippen MR) is 89.6 cm³/mol. The number of nitrogens with zero attached hydrogens (tertiary/aromatic N) is 3. The lowest BCUT2D eigenvalue weighted by Gasteiger charge is -2.31. The lowest BCUT2D eigenvalue weighted by atomic mass is 10.1. The highest BCUT2D eigenvalue weighted by Gasteiger charge is 2.25. The SMILES string of the molecule is CNc1nc(C(=O)N2CCC(OCc3cccnc3)CC2)cs1. The fraction of sp³-hybridized carbons (Fsp3) is 0.438. The lowest BCUT2D eigenvalue weighted by molar-refractivity contribution is -0.000578. The van der Waals surface area contributed by atoms with Crippen LogP contribution in [-0.4, -0.2) is 47.0 Å². The highest BCUT2D eigenvalue weighted by atomic mass is 32.1.